The normalized spacial score (nSPS) is 15.2. The van der Waals surface area contributed by atoms with Gasteiger partial charge in [-0.2, -0.15) is 4.31 Å². The molecular weight excluding hydrogens is 350 g/mol. The largest absolute Gasteiger partial charge is 0.422 e. The van der Waals surface area contributed by atoms with Gasteiger partial charge >= 0.3 is 5.97 Å². The van der Waals surface area contributed by atoms with Crippen LogP contribution in [0.25, 0.3) is 0 Å². The summed E-state index contributed by atoms with van der Waals surface area (Å²) in [6, 6.07) is 9.87. The SMILES string of the molecule is Cc1cc(C)c(OC(=O)c2ccc(S(=O)(=O)N3CCCC3)cc2)c(C)c1. The summed E-state index contributed by atoms with van der Waals surface area (Å²) in [6.07, 6.45) is 1.78. The van der Waals surface area contributed by atoms with Crippen LogP contribution < -0.4 is 4.74 Å². The lowest BCUT2D eigenvalue weighted by atomic mass is 10.1. The van der Waals surface area contributed by atoms with Gasteiger partial charge in [0, 0.05) is 13.1 Å². The van der Waals surface area contributed by atoms with E-state index in [4.69, 9.17) is 4.74 Å². The highest BCUT2D eigenvalue weighted by atomic mass is 32.2. The van der Waals surface area contributed by atoms with Crippen molar-refractivity contribution in [2.24, 2.45) is 0 Å². The lowest BCUT2D eigenvalue weighted by molar-refractivity contribution is 0.0732. The molecule has 0 bridgehead atoms. The van der Waals surface area contributed by atoms with Crippen LogP contribution in [0.2, 0.25) is 0 Å². The Labute approximate surface area is 154 Å². The standard InChI is InChI=1S/C20H23NO4S/c1-14-12-15(2)19(16(3)13-14)25-20(22)17-6-8-18(9-7-17)26(23,24)21-10-4-5-11-21/h6-9,12-13H,4-5,10-11H2,1-3H3. The second kappa shape index (κ2) is 7.21. The van der Waals surface area contributed by atoms with Crippen LogP contribution in [0.4, 0.5) is 0 Å². The Morgan fingerprint density at radius 1 is 0.962 bits per heavy atom. The first-order valence-corrected chi connectivity index (χ1v) is 10.1. The Morgan fingerprint density at radius 3 is 2.04 bits per heavy atom. The van der Waals surface area contributed by atoms with E-state index in [0.29, 0.717) is 24.4 Å². The fourth-order valence-electron chi connectivity index (χ4n) is 3.32. The molecule has 0 spiro atoms. The maximum Gasteiger partial charge on any atom is 0.343 e. The van der Waals surface area contributed by atoms with Crippen LogP contribution >= 0.6 is 0 Å². The van der Waals surface area contributed by atoms with E-state index in [-0.39, 0.29) is 4.90 Å². The predicted octanol–water partition coefficient (Wildman–Crippen LogP) is 3.62. The van der Waals surface area contributed by atoms with E-state index in [2.05, 4.69) is 0 Å². The first-order valence-electron chi connectivity index (χ1n) is 8.69. The van der Waals surface area contributed by atoms with Crippen LogP contribution in [0.1, 0.15) is 39.9 Å². The zero-order valence-electron chi connectivity index (χ0n) is 15.3. The molecule has 6 heteroatoms. The third-order valence-corrected chi connectivity index (χ3v) is 6.51. The Kier molecular flexibility index (Phi) is 5.16. The summed E-state index contributed by atoms with van der Waals surface area (Å²) >= 11 is 0. The number of carbonyl (C=O) groups excluding carboxylic acids is 1. The third kappa shape index (κ3) is 3.66. The van der Waals surface area contributed by atoms with Crippen LogP contribution in [0.15, 0.2) is 41.3 Å². The van der Waals surface area contributed by atoms with E-state index >= 15 is 0 Å². The lowest BCUT2D eigenvalue weighted by Gasteiger charge is -2.15. The molecule has 0 radical (unpaired) electrons. The van der Waals surface area contributed by atoms with Crippen molar-refractivity contribution >= 4 is 16.0 Å². The van der Waals surface area contributed by atoms with E-state index in [1.807, 2.05) is 32.9 Å². The fourth-order valence-corrected chi connectivity index (χ4v) is 4.84. The van der Waals surface area contributed by atoms with Crippen molar-refractivity contribution in [3.8, 4) is 5.75 Å². The summed E-state index contributed by atoms with van der Waals surface area (Å²) in [7, 11) is -3.48. The average molecular weight is 373 g/mol. The van der Waals surface area contributed by atoms with Crippen molar-refractivity contribution in [1.29, 1.82) is 0 Å². The second-order valence-electron chi connectivity index (χ2n) is 6.75. The quantitative estimate of drug-likeness (QED) is 0.607. The molecule has 5 nitrogen and oxygen atoms in total. The molecule has 1 aliphatic rings. The zero-order valence-corrected chi connectivity index (χ0v) is 16.1. The topological polar surface area (TPSA) is 63.7 Å². The van der Waals surface area contributed by atoms with Gasteiger partial charge < -0.3 is 4.74 Å². The minimum absolute atomic E-state index is 0.207. The summed E-state index contributed by atoms with van der Waals surface area (Å²) in [5.41, 5.74) is 3.22. The maximum atomic E-state index is 12.5. The summed E-state index contributed by atoms with van der Waals surface area (Å²) in [6.45, 7) is 6.89. The molecule has 3 rings (SSSR count). The van der Waals surface area contributed by atoms with Gasteiger partial charge in [-0.3, -0.25) is 0 Å². The minimum atomic E-state index is -3.48. The number of aryl methyl sites for hydroxylation is 3. The number of hydrogen-bond donors (Lipinski definition) is 0. The molecule has 0 aliphatic carbocycles. The van der Waals surface area contributed by atoms with Gasteiger partial charge in [-0.25, -0.2) is 13.2 Å². The van der Waals surface area contributed by atoms with E-state index < -0.39 is 16.0 Å². The number of ether oxygens (including phenoxy) is 1. The third-order valence-electron chi connectivity index (χ3n) is 4.59. The van der Waals surface area contributed by atoms with Crippen molar-refractivity contribution in [2.45, 2.75) is 38.5 Å². The molecule has 138 valence electrons. The highest BCUT2D eigenvalue weighted by Crippen LogP contribution is 2.26. The molecule has 0 saturated carbocycles. The summed E-state index contributed by atoms with van der Waals surface area (Å²) in [5.74, 6) is 0.0551. The number of nitrogens with zero attached hydrogens (tertiary/aromatic N) is 1. The molecule has 0 unspecified atom stereocenters. The first kappa shape index (κ1) is 18.6. The van der Waals surface area contributed by atoms with E-state index in [1.54, 1.807) is 0 Å². The second-order valence-corrected chi connectivity index (χ2v) is 8.69. The van der Waals surface area contributed by atoms with Crippen LogP contribution in [0.5, 0.6) is 5.75 Å². The van der Waals surface area contributed by atoms with Gasteiger partial charge in [-0.1, -0.05) is 17.7 Å². The number of rotatable bonds is 4. The van der Waals surface area contributed by atoms with Crippen LogP contribution in [-0.4, -0.2) is 31.8 Å². The van der Waals surface area contributed by atoms with Crippen LogP contribution in [0.3, 0.4) is 0 Å². The predicted molar refractivity (Wildman–Crippen MR) is 100 cm³/mol. The lowest BCUT2D eigenvalue weighted by Crippen LogP contribution is -2.27. The molecule has 2 aromatic rings. The fraction of sp³-hybridized carbons (Fsp3) is 0.350. The molecule has 1 heterocycles. The first-order chi connectivity index (χ1) is 12.3. The molecule has 26 heavy (non-hydrogen) atoms. The number of carbonyl (C=O) groups is 1. The monoisotopic (exact) mass is 373 g/mol. The molecule has 0 amide bonds. The van der Waals surface area contributed by atoms with Crippen molar-refractivity contribution in [3.05, 3.63) is 58.7 Å². The van der Waals surface area contributed by atoms with Gasteiger partial charge in [0.15, 0.2) is 0 Å². The molecule has 1 fully saturated rings. The van der Waals surface area contributed by atoms with Crippen LogP contribution in [0, 0.1) is 20.8 Å². The van der Waals surface area contributed by atoms with E-state index in [1.165, 1.54) is 28.6 Å². The van der Waals surface area contributed by atoms with Crippen LogP contribution in [-0.2, 0) is 10.0 Å². The Morgan fingerprint density at radius 2 is 1.50 bits per heavy atom. The Bertz CT molecular complexity index is 904. The van der Waals surface area contributed by atoms with Gasteiger partial charge in [0.25, 0.3) is 0 Å². The number of hydrogen-bond acceptors (Lipinski definition) is 4. The molecule has 2 aromatic carbocycles. The smallest absolute Gasteiger partial charge is 0.343 e. The minimum Gasteiger partial charge on any atom is -0.422 e. The summed E-state index contributed by atoms with van der Waals surface area (Å²) in [5, 5.41) is 0. The Balaban J connectivity index is 1.79. The Hall–Kier alpha value is -2.18. The van der Waals surface area contributed by atoms with E-state index in [9.17, 15) is 13.2 Å². The molecule has 0 aromatic heterocycles. The summed E-state index contributed by atoms with van der Waals surface area (Å²) in [4.78, 5) is 12.6. The molecule has 0 N–H and O–H groups in total. The molecule has 1 aliphatic heterocycles. The van der Waals surface area contributed by atoms with Gasteiger partial charge in [-0.15, -0.1) is 0 Å². The van der Waals surface area contributed by atoms with E-state index in [0.717, 1.165) is 29.5 Å². The zero-order chi connectivity index (χ0) is 18.9. The van der Waals surface area contributed by atoms with Gasteiger partial charge in [0.1, 0.15) is 5.75 Å². The van der Waals surface area contributed by atoms with Gasteiger partial charge in [0.2, 0.25) is 10.0 Å². The molecule has 1 saturated heterocycles. The van der Waals surface area contributed by atoms with Crippen molar-refractivity contribution < 1.29 is 17.9 Å². The van der Waals surface area contributed by atoms with Gasteiger partial charge in [-0.05, 0) is 69.0 Å². The van der Waals surface area contributed by atoms with Crippen molar-refractivity contribution in [1.82, 2.24) is 4.31 Å². The van der Waals surface area contributed by atoms with Crippen molar-refractivity contribution in [2.75, 3.05) is 13.1 Å². The average Bonchev–Trinajstić information content (AvgIpc) is 3.13. The summed E-state index contributed by atoms with van der Waals surface area (Å²) < 4.78 is 32.1. The highest BCUT2D eigenvalue weighted by molar-refractivity contribution is 7.89. The maximum absolute atomic E-state index is 12.5. The number of esters is 1. The highest BCUT2D eigenvalue weighted by Gasteiger charge is 2.27. The number of sulfonamides is 1. The molecule has 0 atom stereocenters. The molecular formula is C20H23NO4S. The number of benzene rings is 2. The van der Waals surface area contributed by atoms with Crippen molar-refractivity contribution in [3.63, 3.8) is 0 Å². The van der Waals surface area contributed by atoms with Gasteiger partial charge in [0.05, 0.1) is 10.5 Å².